The van der Waals surface area contributed by atoms with Crippen molar-refractivity contribution < 1.29 is 4.42 Å². The molecule has 108 valence electrons. The molecule has 2 rings (SSSR count). The van der Waals surface area contributed by atoms with Gasteiger partial charge in [-0.05, 0) is 26.0 Å². The lowest BCUT2D eigenvalue weighted by Crippen LogP contribution is -2.18. The molecule has 0 saturated carbocycles. The molecule has 2 aromatic heterocycles. The van der Waals surface area contributed by atoms with Crippen LogP contribution >= 0.6 is 11.6 Å². The normalized spacial score (nSPS) is 11.7. The fourth-order valence-corrected chi connectivity index (χ4v) is 1.92. The van der Waals surface area contributed by atoms with Crippen molar-refractivity contribution in [2.24, 2.45) is 0 Å². The van der Waals surface area contributed by atoms with Gasteiger partial charge in [0.15, 0.2) is 0 Å². The Kier molecular flexibility index (Phi) is 4.04. The second-order valence-corrected chi connectivity index (χ2v) is 6.29. The topological polar surface area (TPSA) is 51.0 Å². The summed E-state index contributed by atoms with van der Waals surface area (Å²) in [5.41, 5.74) is 0.706. The van der Waals surface area contributed by atoms with E-state index in [1.165, 1.54) is 0 Å². The molecule has 0 aliphatic rings. The highest BCUT2D eigenvalue weighted by atomic mass is 35.5. The number of nitrogens with one attached hydrogen (secondary N) is 1. The van der Waals surface area contributed by atoms with Crippen molar-refractivity contribution in [3.05, 3.63) is 40.2 Å². The van der Waals surface area contributed by atoms with E-state index in [-0.39, 0.29) is 5.41 Å². The van der Waals surface area contributed by atoms with Crippen LogP contribution in [-0.4, -0.2) is 9.97 Å². The van der Waals surface area contributed by atoms with Gasteiger partial charge in [0, 0.05) is 11.0 Å². The minimum Gasteiger partial charge on any atom is -0.465 e. The van der Waals surface area contributed by atoms with Crippen molar-refractivity contribution in [1.82, 2.24) is 9.97 Å². The number of aryl methyl sites for hydroxylation is 1. The first-order valence-corrected chi connectivity index (χ1v) is 6.99. The van der Waals surface area contributed by atoms with Gasteiger partial charge in [0.25, 0.3) is 0 Å². The first-order valence-electron chi connectivity index (χ1n) is 6.61. The fraction of sp³-hybridized carbons (Fsp3) is 0.467. The lowest BCUT2D eigenvalue weighted by Gasteiger charge is -2.19. The van der Waals surface area contributed by atoms with E-state index in [0.717, 1.165) is 28.7 Å². The molecule has 4 nitrogen and oxygen atoms in total. The fourth-order valence-electron chi connectivity index (χ4n) is 1.75. The average Bonchev–Trinajstić information content (AvgIpc) is 2.75. The van der Waals surface area contributed by atoms with Crippen LogP contribution in [0.15, 0.2) is 16.5 Å². The van der Waals surface area contributed by atoms with E-state index in [1.54, 1.807) is 0 Å². The Bertz CT molecular complexity index is 614. The van der Waals surface area contributed by atoms with Crippen LogP contribution in [0.3, 0.4) is 0 Å². The molecule has 5 heteroatoms. The van der Waals surface area contributed by atoms with E-state index in [4.69, 9.17) is 16.0 Å². The minimum absolute atomic E-state index is 0.144. The molecule has 0 unspecified atom stereocenters. The maximum absolute atomic E-state index is 6.20. The molecule has 20 heavy (non-hydrogen) atoms. The molecule has 0 fully saturated rings. The van der Waals surface area contributed by atoms with Gasteiger partial charge < -0.3 is 9.73 Å². The molecular formula is C15H20ClN3O. The molecular weight excluding hydrogens is 274 g/mol. The highest BCUT2D eigenvalue weighted by Crippen LogP contribution is 2.26. The van der Waals surface area contributed by atoms with Gasteiger partial charge in [0.1, 0.15) is 28.3 Å². The third-order valence-electron chi connectivity index (χ3n) is 2.98. The Labute approximate surface area is 124 Å². The molecule has 0 aliphatic heterocycles. The molecule has 0 amide bonds. The summed E-state index contributed by atoms with van der Waals surface area (Å²) in [4.78, 5) is 8.93. The Balaban J connectivity index is 2.24. The summed E-state index contributed by atoms with van der Waals surface area (Å²) in [7, 11) is 0. The average molecular weight is 294 g/mol. The monoisotopic (exact) mass is 293 g/mol. The van der Waals surface area contributed by atoms with Crippen LogP contribution in [0.1, 0.15) is 43.7 Å². The molecule has 2 aromatic rings. The zero-order chi connectivity index (χ0) is 14.9. The molecule has 2 heterocycles. The van der Waals surface area contributed by atoms with Crippen LogP contribution in [0.25, 0.3) is 0 Å². The third kappa shape index (κ3) is 3.31. The predicted molar refractivity (Wildman–Crippen MR) is 81.3 cm³/mol. The Morgan fingerprint density at radius 3 is 2.45 bits per heavy atom. The molecule has 0 bridgehead atoms. The van der Waals surface area contributed by atoms with Crippen molar-refractivity contribution in [3.8, 4) is 0 Å². The van der Waals surface area contributed by atoms with Crippen molar-refractivity contribution >= 4 is 17.4 Å². The SMILES string of the molecule is Cc1ccc(CNc2nc(C(C)(C)C)nc(Cl)c2C)o1. The maximum atomic E-state index is 6.20. The smallest absolute Gasteiger partial charge is 0.137 e. The number of nitrogens with zero attached hydrogens (tertiary/aromatic N) is 2. The first-order chi connectivity index (χ1) is 9.27. The van der Waals surface area contributed by atoms with Gasteiger partial charge in [-0.15, -0.1) is 0 Å². The van der Waals surface area contributed by atoms with Crippen molar-refractivity contribution in [2.45, 2.75) is 46.6 Å². The van der Waals surface area contributed by atoms with E-state index >= 15 is 0 Å². The van der Waals surface area contributed by atoms with E-state index in [9.17, 15) is 0 Å². The number of rotatable bonds is 3. The van der Waals surface area contributed by atoms with Gasteiger partial charge in [-0.25, -0.2) is 9.97 Å². The van der Waals surface area contributed by atoms with Gasteiger partial charge in [-0.2, -0.15) is 0 Å². The molecule has 0 aliphatic carbocycles. The Morgan fingerprint density at radius 1 is 1.20 bits per heavy atom. The second-order valence-electron chi connectivity index (χ2n) is 5.93. The summed E-state index contributed by atoms with van der Waals surface area (Å²) in [5.74, 6) is 3.25. The molecule has 1 N–H and O–H groups in total. The molecule has 0 aromatic carbocycles. The van der Waals surface area contributed by atoms with Crippen LogP contribution < -0.4 is 5.32 Å². The van der Waals surface area contributed by atoms with E-state index in [0.29, 0.717) is 11.7 Å². The Morgan fingerprint density at radius 2 is 1.90 bits per heavy atom. The number of furan rings is 1. The van der Waals surface area contributed by atoms with Gasteiger partial charge in [-0.3, -0.25) is 0 Å². The number of hydrogen-bond donors (Lipinski definition) is 1. The lowest BCUT2D eigenvalue weighted by molar-refractivity contribution is 0.490. The zero-order valence-corrected chi connectivity index (χ0v) is 13.3. The maximum Gasteiger partial charge on any atom is 0.137 e. The summed E-state index contributed by atoms with van der Waals surface area (Å²) < 4.78 is 5.53. The third-order valence-corrected chi connectivity index (χ3v) is 3.35. The minimum atomic E-state index is -0.144. The number of aromatic nitrogens is 2. The Hall–Kier alpha value is -1.55. The summed E-state index contributed by atoms with van der Waals surface area (Å²) in [5, 5.41) is 3.76. The highest BCUT2D eigenvalue weighted by Gasteiger charge is 2.20. The predicted octanol–water partition coefficient (Wildman–Crippen LogP) is 4.25. The standard InChI is InChI=1S/C15H20ClN3O/c1-9-6-7-11(20-9)8-17-13-10(2)12(16)18-14(19-13)15(3,4)5/h6-7H,8H2,1-5H3,(H,17,18,19). The van der Waals surface area contributed by atoms with Crippen LogP contribution in [-0.2, 0) is 12.0 Å². The van der Waals surface area contributed by atoms with Crippen LogP contribution in [0.4, 0.5) is 5.82 Å². The number of halogens is 1. The summed E-state index contributed by atoms with van der Waals surface area (Å²) in [6.45, 7) is 10.6. The van der Waals surface area contributed by atoms with Gasteiger partial charge in [-0.1, -0.05) is 32.4 Å². The summed E-state index contributed by atoms with van der Waals surface area (Å²) >= 11 is 6.20. The van der Waals surface area contributed by atoms with E-state index in [2.05, 4.69) is 36.1 Å². The second kappa shape index (κ2) is 5.44. The van der Waals surface area contributed by atoms with Crippen LogP contribution in [0.5, 0.6) is 0 Å². The molecule has 0 saturated heterocycles. The van der Waals surface area contributed by atoms with E-state index in [1.807, 2.05) is 26.0 Å². The van der Waals surface area contributed by atoms with Gasteiger partial charge in [0.2, 0.25) is 0 Å². The summed E-state index contributed by atoms with van der Waals surface area (Å²) in [6, 6.07) is 3.89. The quantitative estimate of drug-likeness (QED) is 0.860. The van der Waals surface area contributed by atoms with E-state index < -0.39 is 0 Å². The van der Waals surface area contributed by atoms with Crippen molar-refractivity contribution in [3.63, 3.8) is 0 Å². The highest BCUT2D eigenvalue weighted by molar-refractivity contribution is 6.30. The van der Waals surface area contributed by atoms with Gasteiger partial charge >= 0.3 is 0 Å². The van der Waals surface area contributed by atoms with Crippen molar-refractivity contribution in [2.75, 3.05) is 5.32 Å². The van der Waals surface area contributed by atoms with Crippen molar-refractivity contribution in [1.29, 1.82) is 0 Å². The van der Waals surface area contributed by atoms with Crippen LogP contribution in [0, 0.1) is 13.8 Å². The first kappa shape index (κ1) is 14.9. The lowest BCUT2D eigenvalue weighted by atomic mass is 9.95. The van der Waals surface area contributed by atoms with Gasteiger partial charge in [0.05, 0.1) is 6.54 Å². The molecule has 0 radical (unpaired) electrons. The number of hydrogen-bond acceptors (Lipinski definition) is 4. The summed E-state index contributed by atoms with van der Waals surface area (Å²) in [6.07, 6.45) is 0. The number of anilines is 1. The molecule has 0 atom stereocenters. The zero-order valence-electron chi connectivity index (χ0n) is 12.5. The largest absolute Gasteiger partial charge is 0.465 e. The molecule has 0 spiro atoms. The van der Waals surface area contributed by atoms with Crippen LogP contribution in [0.2, 0.25) is 5.15 Å².